The maximum atomic E-state index is 11.1. The number of benzene rings is 2. The summed E-state index contributed by atoms with van der Waals surface area (Å²) in [5.74, 6) is 0. The molecule has 0 aliphatic rings. The van der Waals surface area contributed by atoms with E-state index in [2.05, 4.69) is 0 Å². The smallest absolute Gasteiger partial charge is 0.324 e. The zero-order chi connectivity index (χ0) is 15.0. The summed E-state index contributed by atoms with van der Waals surface area (Å²) in [6.45, 7) is 0. The van der Waals surface area contributed by atoms with E-state index in [0.29, 0.717) is 21.9 Å². The van der Waals surface area contributed by atoms with Crippen LogP contribution in [0.1, 0.15) is 11.1 Å². The molecule has 20 heavy (non-hydrogen) atoms. The molecule has 0 heterocycles. The standard InChI is InChI=1S/C12H14O6P2/c13-19(14,15)7-9-5-6-10(8-20(16,17)18)12-4-2-1-3-11(9)12/h1-6H,7-8H2,(H2,13,14,15)(H2,16,17,18). The summed E-state index contributed by atoms with van der Waals surface area (Å²) in [6, 6.07) is 9.81. The third-order valence-corrected chi connectivity index (χ3v) is 4.36. The summed E-state index contributed by atoms with van der Waals surface area (Å²) in [7, 11) is -8.40. The molecule has 0 atom stereocenters. The van der Waals surface area contributed by atoms with Crippen LogP contribution in [-0.4, -0.2) is 19.6 Å². The van der Waals surface area contributed by atoms with Gasteiger partial charge in [0.2, 0.25) is 0 Å². The van der Waals surface area contributed by atoms with Crippen LogP contribution >= 0.6 is 15.2 Å². The van der Waals surface area contributed by atoms with Crippen molar-refractivity contribution in [2.45, 2.75) is 12.3 Å². The normalized spacial score (nSPS) is 12.8. The molecule has 0 bridgehead atoms. The minimum atomic E-state index is -4.20. The largest absolute Gasteiger partial charge is 0.329 e. The summed E-state index contributed by atoms with van der Waals surface area (Å²) in [5.41, 5.74) is 0.923. The average molecular weight is 316 g/mol. The summed E-state index contributed by atoms with van der Waals surface area (Å²) in [5, 5.41) is 1.20. The van der Waals surface area contributed by atoms with Gasteiger partial charge in [-0.15, -0.1) is 0 Å². The molecule has 0 fully saturated rings. The van der Waals surface area contributed by atoms with Crippen LogP contribution in [-0.2, 0) is 21.5 Å². The van der Waals surface area contributed by atoms with Gasteiger partial charge in [-0.2, -0.15) is 0 Å². The van der Waals surface area contributed by atoms with Crippen molar-refractivity contribution in [3.63, 3.8) is 0 Å². The Hall–Kier alpha value is -1.00. The lowest BCUT2D eigenvalue weighted by molar-refractivity contribution is 0.369. The van der Waals surface area contributed by atoms with Gasteiger partial charge in [-0.3, -0.25) is 9.13 Å². The van der Waals surface area contributed by atoms with Crippen molar-refractivity contribution < 1.29 is 28.7 Å². The van der Waals surface area contributed by atoms with Crippen LogP contribution in [0.2, 0.25) is 0 Å². The molecule has 0 saturated carbocycles. The maximum Gasteiger partial charge on any atom is 0.329 e. The van der Waals surface area contributed by atoms with Gasteiger partial charge in [-0.25, -0.2) is 0 Å². The lowest BCUT2D eigenvalue weighted by Gasteiger charge is -2.12. The summed E-state index contributed by atoms with van der Waals surface area (Å²) in [4.78, 5) is 36.3. The lowest BCUT2D eigenvalue weighted by Crippen LogP contribution is -1.94. The quantitative estimate of drug-likeness (QED) is 0.643. The van der Waals surface area contributed by atoms with Crippen molar-refractivity contribution in [3.8, 4) is 0 Å². The summed E-state index contributed by atoms with van der Waals surface area (Å²) < 4.78 is 22.3. The second-order valence-electron chi connectivity index (χ2n) is 4.57. The molecule has 4 N–H and O–H groups in total. The Labute approximate surface area is 115 Å². The fourth-order valence-corrected chi connectivity index (χ4v) is 3.58. The van der Waals surface area contributed by atoms with Crippen LogP contribution < -0.4 is 0 Å². The minimum Gasteiger partial charge on any atom is -0.324 e. The molecule has 0 spiro atoms. The van der Waals surface area contributed by atoms with Crippen LogP contribution in [0, 0.1) is 0 Å². The van der Waals surface area contributed by atoms with Gasteiger partial charge >= 0.3 is 15.2 Å². The van der Waals surface area contributed by atoms with Gasteiger partial charge < -0.3 is 19.6 Å². The first-order chi connectivity index (χ1) is 9.16. The van der Waals surface area contributed by atoms with E-state index < -0.39 is 27.5 Å². The molecule has 0 radical (unpaired) electrons. The van der Waals surface area contributed by atoms with Crippen molar-refractivity contribution in [3.05, 3.63) is 47.5 Å². The first kappa shape index (κ1) is 15.4. The summed E-state index contributed by atoms with van der Waals surface area (Å²) >= 11 is 0. The van der Waals surface area contributed by atoms with Gasteiger partial charge in [0.15, 0.2) is 0 Å². The zero-order valence-electron chi connectivity index (χ0n) is 10.4. The highest BCUT2D eigenvalue weighted by molar-refractivity contribution is 7.51. The Bertz CT molecular complexity index is 667. The van der Waals surface area contributed by atoms with Crippen LogP contribution in [0.3, 0.4) is 0 Å². The average Bonchev–Trinajstić information content (AvgIpc) is 2.29. The highest BCUT2D eigenvalue weighted by Crippen LogP contribution is 2.44. The van der Waals surface area contributed by atoms with Crippen molar-refractivity contribution in [1.29, 1.82) is 0 Å². The van der Waals surface area contributed by atoms with Crippen molar-refractivity contribution in [1.82, 2.24) is 0 Å². The minimum absolute atomic E-state index is 0.399. The Balaban J connectivity index is 2.58. The summed E-state index contributed by atoms with van der Waals surface area (Å²) in [6.07, 6.45) is -0.798. The fourth-order valence-electron chi connectivity index (χ4n) is 2.14. The molecule has 2 aromatic rings. The zero-order valence-corrected chi connectivity index (χ0v) is 12.2. The molecule has 2 aromatic carbocycles. The van der Waals surface area contributed by atoms with Crippen LogP contribution in [0.4, 0.5) is 0 Å². The molecule has 108 valence electrons. The van der Waals surface area contributed by atoms with Gasteiger partial charge in [-0.1, -0.05) is 36.4 Å². The van der Waals surface area contributed by atoms with E-state index in [4.69, 9.17) is 19.6 Å². The molecule has 0 aromatic heterocycles. The van der Waals surface area contributed by atoms with Gasteiger partial charge in [0.1, 0.15) is 0 Å². The molecule has 0 amide bonds. The van der Waals surface area contributed by atoms with Gasteiger partial charge in [0.25, 0.3) is 0 Å². The molecule has 0 aliphatic heterocycles. The van der Waals surface area contributed by atoms with Gasteiger partial charge in [0, 0.05) is 0 Å². The lowest BCUT2D eigenvalue weighted by atomic mass is 10.0. The van der Waals surface area contributed by atoms with Crippen LogP contribution in [0.15, 0.2) is 36.4 Å². The number of rotatable bonds is 4. The molecule has 0 unspecified atom stereocenters. The van der Waals surface area contributed by atoms with E-state index in [9.17, 15) is 9.13 Å². The van der Waals surface area contributed by atoms with Crippen molar-refractivity contribution in [2.24, 2.45) is 0 Å². The highest BCUT2D eigenvalue weighted by Gasteiger charge is 2.19. The maximum absolute atomic E-state index is 11.1. The Kier molecular flexibility index (Phi) is 4.17. The molecule has 0 saturated heterocycles. The topological polar surface area (TPSA) is 115 Å². The number of hydrogen-bond donors (Lipinski definition) is 4. The second kappa shape index (κ2) is 5.41. The van der Waals surface area contributed by atoms with E-state index in [0.717, 1.165) is 0 Å². The molecule has 6 nitrogen and oxygen atoms in total. The number of hydrogen-bond acceptors (Lipinski definition) is 2. The third-order valence-electron chi connectivity index (χ3n) is 2.86. The molecular formula is C12H14O6P2. The van der Waals surface area contributed by atoms with E-state index >= 15 is 0 Å². The molecule has 2 rings (SSSR count). The first-order valence-corrected chi connectivity index (χ1v) is 9.34. The van der Waals surface area contributed by atoms with Crippen molar-refractivity contribution >= 4 is 26.0 Å². The predicted molar refractivity (Wildman–Crippen MR) is 75.4 cm³/mol. The van der Waals surface area contributed by atoms with Crippen LogP contribution in [0.5, 0.6) is 0 Å². The monoisotopic (exact) mass is 316 g/mol. The highest BCUT2D eigenvalue weighted by atomic mass is 31.2. The van der Waals surface area contributed by atoms with E-state index in [1.54, 1.807) is 24.3 Å². The first-order valence-electron chi connectivity index (χ1n) is 5.74. The second-order valence-corrected chi connectivity index (χ2v) is 7.87. The molecule has 8 heteroatoms. The Morgan fingerprint density at radius 2 is 1.05 bits per heavy atom. The Morgan fingerprint density at radius 1 is 0.700 bits per heavy atom. The van der Waals surface area contributed by atoms with Crippen molar-refractivity contribution in [2.75, 3.05) is 0 Å². The molecule has 0 aliphatic carbocycles. The SMILES string of the molecule is O=P(O)(O)Cc1ccc(CP(=O)(O)O)c2ccccc12. The molecular weight excluding hydrogens is 302 g/mol. The van der Waals surface area contributed by atoms with E-state index in [1.165, 1.54) is 12.1 Å². The third kappa shape index (κ3) is 4.00. The van der Waals surface area contributed by atoms with Crippen LogP contribution in [0.25, 0.3) is 10.8 Å². The van der Waals surface area contributed by atoms with Gasteiger partial charge in [-0.05, 0) is 21.9 Å². The fraction of sp³-hybridized carbons (Fsp3) is 0.167. The van der Waals surface area contributed by atoms with E-state index in [-0.39, 0.29) is 0 Å². The Morgan fingerprint density at radius 3 is 1.35 bits per heavy atom. The van der Waals surface area contributed by atoms with E-state index in [1.807, 2.05) is 0 Å². The predicted octanol–water partition coefficient (Wildman–Crippen LogP) is 2.20. The number of fused-ring (bicyclic) bond motifs is 1. The van der Waals surface area contributed by atoms with Gasteiger partial charge in [0.05, 0.1) is 12.3 Å².